The second-order valence-electron chi connectivity index (χ2n) is 6.43. The number of guanidine groups is 1. The predicted molar refractivity (Wildman–Crippen MR) is 118 cm³/mol. The Bertz CT molecular complexity index is 672. The predicted octanol–water partition coefficient (Wildman–Crippen LogP) is 3.75. The van der Waals surface area contributed by atoms with Crippen LogP contribution in [0.15, 0.2) is 59.6 Å². The van der Waals surface area contributed by atoms with E-state index in [0.717, 1.165) is 11.5 Å². The molecule has 0 saturated heterocycles. The maximum absolute atomic E-state index is 13.2. The van der Waals surface area contributed by atoms with E-state index in [4.69, 9.17) is 0 Å². The first-order chi connectivity index (χ1) is 12.0. The molecule has 2 rings (SSSR count). The third kappa shape index (κ3) is 6.92. The molecule has 1 unspecified atom stereocenters. The first kappa shape index (κ1) is 22.4. The SMILES string of the molecule is CN(C)C(=NCc1ccccc1)NCC(c1ccc(F)cc1)N(C)C.I. The van der Waals surface area contributed by atoms with E-state index in [0.29, 0.717) is 13.1 Å². The molecule has 0 spiro atoms. The standard InChI is InChI=1S/C20H27FN4.HI/c1-24(2)19(17-10-12-18(21)13-11-17)15-23-20(25(3)4)22-14-16-8-6-5-7-9-16;/h5-13,19H,14-15H2,1-4H3,(H,22,23);1H. The molecule has 0 amide bonds. The maximum Gasteiger partial charge on any atom is 0.193 e. The van der Waals surface area contributed by atoms with E-state index in [1.165, 1.54) is 17.7 Å². The molecular formula is C20H28FIN4. The van der Waals surface area contributed by atoms with Gasteiger partial charge in [0.25, 0.3) is 0 Å². The number of nitrogens with zero attached hydrogens (tertiary/aromatic N) is 3. The number of halogens is 2. The van der Waals surface area contributed by atoms with Gasteiger partial charge >= 0.3 is 0 Å². The molecule has 0 fully saturated rings. The van der Waals surface area contributed by atoms with Crippen LogP contribution in [-0.2, 0) is 6.54 Å². The van der Waals surface area contributed by atoms with Crippen molar-refractivity contribution in [1.29, 1.82) is 0 Å². The van der Waals surface area contributed by atoms with Gasteiger partial charge in [-0.25, -0.2) is 9.38 Å². The average molecular weight is 470 g/mol. The first-order valence-electron chi connectivity index (χ1n) is 8.39. The van der Waals surface area contributed by atoms with Crippen LogP contribution in [0.25, 0.3) is 0 Å². The lowest BCUT2D eigenvalue weighted by atomic mass is 10.1. The molecule has 0 saturated carbocycles. The number of aliphatic imine (C=N–C) groups is 1. The highest BCUT2D eigenvalue weighted by Crippen LogP contribution is 2.17. The fourth-order valence-corrected chi connectivity index (χ4v) is 2.58. The minimum atomic E-state index is -0.215. The van der Waals surface area contributed by atoms with E-state index < -0.39 is 0 Å². The number of benzene rings is 2. The molecule has 2 aromatic carbocycles. The van der Waals surface area contributed by atoms with Gasteiger partial charge in [-0.15, -0.1) is 24.0 Å². The Hall–Kier alpha value is -1.67. The molecule has 0 aliphatic heterocycles. The monoisotopic (exact) mass is 470 g/mol. The Labute approximate surface area is 173 Å². The number of hydrogen-bond donors (Lipinski definition) is 1. The van der Waals surface area contributed by atoms with Crippen molar-refractivity contribution < 1.29 is 4.39 Å². The Morgan fingerprint density at radius 2 is 1.62 bits per heavy atom. The molecule has 4 nitrogen and oxygen atoms in total. The van der Waals surface area contributed by atoms with Crippen molar-refractivity contribution in [2.75, 3.05) is 34.7 Å². The highest BCUT2D eigenvalue weighted by atomic mass is 127. The second kappa shape index (κ2) is 11.1. The fraction of sp³-hybridized carbons (Fsp3) is 0.350. The zero-order chi connectivity index (χ0) is 18.2. The minimum absolute atomic E-state index is 0. The third-order valence-electron chi connectivity index (χ3n) is 4.01. The van der Waals surface area contributed by atoms with Crippen LogP contribution in [0.2, 0.25) is 0 Å². The van der Waals surface area contributed by atoms with Gasteiger partial charge in [-0.1, -0.05) is 42.5 Å². The number of rotatable bonds is 6. The molecule has 0 aromatic heterocycles. The molecule has 2 aromatic rings. The summed E-state index contributed by atoms with van der Waals surface area (Å²) in [6.07, 6.45) is 0. The summed E-state index contributed by atoms with van der Waals surface area (Å²) < 4.78 is 13.2. The van der Waals surface area contributed by atoms with E-state index in [1.54, 1.807) is 0 Å². The molecule has 1 atom stereocenters. The third-order valence-corrected chi connectivity index (χ3v) is 4.01. The summed E-state index contributed by atoms with van der Waals surface area (Å²) in [6, 6.07) is 17.0. The normalized spacial score (nSPS) is 12.5. The highest BCUT2D eigenvalue weighted by Gasteiger charge is 2.15. The van der Waals surface area contributed by atoms with Crippen molar-refractivity contribution in [2.24, 2.45) is 4.99 Å². The lowest BCUT2D eigenvalue weighted by molar-refractivity contribution is 0.296. The second-order valence-corrected chi connectivity index (χ2v) is 6.43. The molecule has 0 aliphatic rings. The van der Waals surface area contributed by atoms with E-state index in [2.05, 4.69) is 27.3 Å². The molecular weight excluding hydrogens is 442 g/mol. The molecule has 26 heavy (non-hydrogen) atoms. The summed E-state index contributed by atoms with van der Waals surface area (Å²) in [7, 11) is 7.98. The lowest BCUT2D eigenvalue weighted by Gasteiger charge is -2.27. The fourth-order valence-electron chi connectivity index (χ4n) is 2.58. The quantitative estimate of drug-likeness (QED) is 0.397. The van der Waals surface area contributed by atoms with Crippen LogP contribution in [0.4, 0.5) is 4.39 Å². The van der Waals surface area contributed by atoms with E-state index in [1.807, 2.05) is 63.4 Å². The number of hydrogen-bond acceptors (Lipinski definition) is 2. The summed E-state index contributed by atoms with van der Waals surface area (Å²) in [5, 5.41) is 3.42. The van der Waals surface area contributed by atoms with Crippen LogP contribution in [0.5, 0.6) is 0 Å². The lowest BCUT2D eigenvalue weighted by Crippen LogP contribution is -2.41. The molecule has 142 valence electrons. The van der Waals surface area contributed by atoms with Crippen LogP contribution in [0, 0.1) is 5.82 Å². The minimum Gasteiger partial charge on any atom is -0.354 e. The van der Waals surface area contributed by atoms with Crippen molar-refractivity contribution in [3.05, 3.63) is 71.5 Å². The zero-order valence-electron chi connectivity index (χ0n) is 15.8. The molecule has 0 aliphatic carbocycles. The van der Waals surface area contributed by atoms with Crippen LogP contribution in [-0.4, -0.2) is 50.5 Å². The van der Waals surface area contributed by atoms with Gasteiger partial charge in [0.05, 0.1) is 12.6 Å². The summed E-state index contributed by atoms with van der Waals surface area (Å²) in [6.45, 7) is 1.31. The maximum atomic E-state index is 13.2. The van der Waals surface area contributed by atoms with Crippen LogP contribution in [0.1, 0.15) is 17.2 Å². The largest absolute Gasteiger partial charge is 0.354 e. The summed E-state index contributed by atoms with van der Waals surface area (Å²) in [5.41, 5.74) is 2.24. The van der Waals surface area contributed by atoms with Gasteiger partial charge in [0, 0.05) is 20.6 Å². The smallest absolute Gasteiger partial charge is 0.193 e. The Morgan fingerprint density at radius 3 is 2.15 bits per heavy atom. The van der Waals surface area contributed by atoms with Crippen molar-refractivity contribution in [1.82, 2.24) is 15.1 Å². The zero-order valence-corrected chi connectivity index (χ0v) is 18.1. The molecule has 0 heterocycles. The molecule has 6 heteroatoms. The Balaban J connectivity index is 0.00000338. The average Bonchev–Trinajstić information content (AvgIpc) is 2.59. The van der Waals surface area contributed by atoms with Gasteiger partial charge < -0.3 is 15.1 Å². The topological polar surface area (TPSA) is 30.9 Å². The number of likely N-dealkylation sites (N-methyl/N-ethyl adjacent to an activating group) is 1. The van der Waals surface area contributed by atoms with Crippen LogP contribution >= 0.6 is 24.0 Å². The molecule has 0 bridgehead atoms. The van der Waals surface area contributed by atoms with Crippen molar-refractivity contribution in [2.45, 2.75) is 12.6 Å². The summed E-state index contributed by atoms with van der Waals surface area (Å²) in [5.74, 6) is 0.616. The van der Waals surface area contributed by atoms with E-state index in [9.17, 15) is 4.39 Å². The number of nitrogens with one attached hydrogen (secondary N) is 1. The van der Waals surface area contributed by atoms with Crippen LogP contribution in [0.3, 0.4) is 0 Å². The van der Waals surface area contributed by atoms with Crippen LogP contribution < -0.4 is 5.32 Å². The summed E-state index contributed by atoms with van der Waals surface area (Å²) in [4.78, 5) is 8.77. The summed E-state index contributed by atoms with van der Waals surface area (Å²) >= 11 is 0. The van der Waals surface area contributed by atoms with Gasteiger partial charge in [0.15, 0.2) is 5.96 Å². The molecule has 1 N–H and O–H groups in total. The van der Waals surface area contributed by atoms with Gasteiger partial charge in [0.1, 0.15) is 5.82 Å². The highest BCUT2D eigenvalue weighted by molar-refractivity contribution is 14.0. The Morgan fingerprint density at radius 1 is 1.00 bits per heavy atom. The first-order valence-corrected chi connectivity index (χ1v) is 8.39. The van der Waals surface area contributed by atoms with Gasteiger partial charge in [-0.3, -0.25) is 0 Å². The van der Waals surface area contributed by atoms with Gasteiger partial charge in [-0.05, 0) is 37.4 Å². The Kier molecular flexibility index (Phi) is 9.58. The van der Waals surface area contributed by atoms with Crippen molar-refractivity contribution >= 4 is 29.9 Å². The molecule has 0 radical (unpaired) electrons. The van der Waals surface area contributed by atoms with Crippen molar-refractivity contribution in [3.8, 4) is 0 Å². The van der Waals surface area contributed by atoms with E-state index >= 15 is 0 Å². The van der Waals surface area contributed by atoms with E-state index in [-0.39, 0.29) is 35.8 Å². The van der Waals surface area contributed by atoms with Gasteiger partial charge in [-0.2, -0.15) is 0 Å². The van der Waals surface area contributed by atoms with Crippen molar-refractivity contribution in [3.63, 3.8) is 0 Å². The van der Waals surface area contributed by atoms with Gasteiger partial charge in [0.2, 0.25) is 0 Å².